The molecule has 0 atom stereocenters. The maximum absolute atomic E-state index is 11.4. The highest BCUT2D eigenvalue weighted by atomic mass is 16.5. The summed E-state index contributed by atoms with van der Waals surface area (Å²) in [6.45, 7) is 4.21. The van der Waals surface area contributed by atoms with Crippen molar-refractivity contribution in [2.75, 3.05) is 13.6 Å². The fourth-order valence-electron chi connectivity index (χ4n) is 2.15. The molecule has 0 radical (unpaired) electrons. The second kappa shape index (κ2) is 6.11. The number of hydrogen-bond donors (Lipinski definition) is 0. The monoisotopic (exact) mass is 213 g/mol. The third-order valence-corrected chi connectivity index (χ3v) is 2.94. The zero-order valence-corrected chi connectivity index (χ0v) is 10.2. The highest BCUT2D eigenvalue weighted by Gasteiger charge is 2.20. The lowest BCUT2D eigenvalue weighted by Gasteiger charge is -2.30. The summed E-state index contributed by atoms with van der Waals surface area (Å²) in [6.07, 6.45) is 6.40. The van der Waals surface area contributed by atoms with E-state index in [9.17, 15) is 4.79 Å². The van der Waals surface area contributed by atoms with Crippen molar-refractivity contribution in [1.82, 2.24) is 4.90 Å². The molecule has 0 bridgehead atoms. The van der Waals surface area contributed by atoms with Gasteiger partial charge in [0.25, 0.3) is 0 Å². The van der Waals surface area contributed by atoms with Crippen LogP contribution in [0.5, 0.6) is 0 Å². The topological polar surface area (TPSA) is 29.5 Å². The van der Waals surface area contributed by atoms with Crippen molar-refractivity contribution in [3.05, 3.63) is 0 Å². The van der Waals surface area contributed by atoms with Crippen molar-refractivity contribution in [3.63, 3.8) is 0 Å². The van der Waals surface area contributed by atoms with E-state index in [0.717, 1.165) is 0 Å². The zero-order chi connectivity index (χ0) is 11.3. The minimum absolute atomic E-state index is 0.00254. The molecule has 0 aliphatic heterocycles. The van der Waals surface area contributed by atoms with Crippen molar-refractivity contribution in [1.29, 1.82) is 0 Å². The fourth-order valence-corrected chi connectivity index (χ4v) is 2.15. The number of nitrogens with zero attached hydrogens (tertiary/aromatic N) is 1. The molecule has 0 unspecified atom stereocenters. The second-order valence-corrected chi connectivity index (χ2v) is 4.75. The van der Waals surface area contributed by atoms with E-state index in [2.05, 4.69) is 4.90 Å². The van der Waals surface area contributed by atoms with Crippen molar-refractivity contribution < 1.29 is 9.53 Å². The summed E-state index contributed by atoms with van der Waals surface area (Å²) in [6, 6.07) is 0.582. The molecule has 0 aromatic carbocycles. The Morgan fingerprint density at radius 1 is 1.33 bits per heavy atom. The summed E-state index contributed by atoms with van der Waals surface area (Å²) in [4.78, 5) is 13.6. The number of likely N-dealkylation sites (N-methyl/N-ethyl adjacent to an activating group) is 1. The van der Waals surface area contributed by atoms with Gasteiger partial charge in [-0.15, -0.1) is 0 Å². The van der Waals surface area contributed by atoms with Crippen LogP contribution in [0, 0.1) is 0 Å². The summed E-state index contributed by atoms with van der Waals surface area (Å²) >= 11 is 0. The van der Waals surface area contributed by atoms with Crippen LogP contribution in [0.1, 0.15) is 46.0 Å². The molecule has 0 N–H and O–H groups in total. The Kier molecular flexibility index (Phi) is 5.09. The van der Waals surface area contributed by atoms with Crippen LogP contribution in [-0.2, 0) is 9.53 Å². The first kappa shape index (κ1) is 12.5. The van der Waals surface area contributed by atoms with E-state index in [1.165, 1.54) is 32.1 Å². The molecule has 0 amide bonds. The normalized spacial score (nSPS) is 18.5. The van der Waals surface area contributed by atoms with Gasteiger partial charge in [0.15, 0.2) is 0 Å². The maximum Gasteiger partial charge on any atom is 0.320 e. The molecule has 1 saturated carbocycles. The Balaban J connectivity index is 2.27. The van der Waals surface area contributed by atoms with Gasteiger partial charge in [0.2, 0.25) is 0 Å². The number of carbonyl (C=O) groups excluding carboxylic acids is 1. The molecule has 1 fully saturated rings. The number of esters is 1. The van der Waals surface area contributed by atoms with Crippen LogP contribution in [0.3, 0.4) is 0 Å². The van der Waals surface area contributed by atoms with Gasteiger partial charge in [0.05, 0.1) is 12.6 Å². The molecular formula is C12H23NO2. The number of hydrogen-bond acceptors (Lipinski definition) is 3. The number of rotatable bonds is 4. The first-order valence-electron chi connectivity index (χ1n) is 5.99. The molecule has 88 valence electrons. The minimum atomic E-state index is -0.0990. The van der Waals surface area contributed by atoms with Crippen LogP contribution >= 0.6 is 0 Å². The lowest BCUT2D eigenvalue weighted by Crippen LogP contribution is -2.38. The van der Waals surface area contributed by atoms with Crippen LogP contribution in [0.15, 0.2) is 0 Å². The Morgan fingerprint density at radius 2 is 1.93 bits per heavy atom. The van der Waals surface area contributed by atoms with Crippen LogP contribution in [-0.4, -0.2) is 36.6 Å². The highest BCUT2D eigenvalue weighted by Crippen LogP contribution is 2.21. The van der Waals surface area contributed by atoms with E-state index in [0.29, 0.717) is 12.6 Å². The molecule has 0 spiro atoms. The van der Waals surface area contributed by atoms with Gasteiger partial charge in [0.1, 0.15) is 0 Å². The summed E-state index contributed by atoms with van der Waals surface area (Å²) in [7, 11) is 2.03. The smallest absolute Gasteiger partial charge is 0.320 e. The van der Waals surface area contributed by atoms with Gasteiger partial charge >= 0.3 is 5.97 Å². The molecule has 1 aliphatic rings. The maximum atomic E-state index is 11.4. The van der Waals surface area contributed by atoms with E-state index in [1.807, 2.05) is 20.9 Å². The average Bonchev–Trinajstić information content (AvgIpc) is 2.17. The molecule has 0 aromatic rings. The molecule has 3 nitrogen and oxygen atoms in total. The second-order valence-electron chi connectivity index (χ2n) is 4.75. The molecule has 1 rings (SSSR count). The van der Waals surface area contributed by atoms with Crippen molar-refractivity contribution in [3.8, 4) is 0 Å². The van der Waals surface area contributed by atoms with E-state index in [1.54, 1.807) is 0 Å². The third-order valence-electron chi connectivity index (χ3n) is 2.94. The predicted octanol–water partition coefficient (Wildman–Crippen LogP) is 2.20. The van der Waals surface area contributed by atoms with Gasteiger partial charge in [-0.2, -0.15) is 0 Å². The first-order chi connectivity index (χ1) is 7.09. The molecular weight excluding hydrogens is 190 g/mol. The molecule has 0 heterocycles. The van der Waals surface area contributed by atoms with Crippen LogP contribution in [0.2, 0.25) is 0 Å². The Labute approximate surface area is 92.8 Å². The molecule has 0 saturated heterocycles. The highest BCUT2D eigenvalue weighted by molar-refractivity contribution is 5.71. The summed E-state index contributed by atoms with van der Waals surface area (Å²) < 4.78 is 5.13. The van der Waals surface area contributed by atoms with E-state index in [-0.39, 0.29) is 12.1 Å². The van der Waals surface area contributed by atoms with Crippen molar-refractivity contribution in [2.24, 2.45) is 0 Å². The van der Waals surface area contributed by atoms with Gasteiger partial charge in [-0.1, -0.05) is 19.3 Å². The van der Waals surface area contributed by atoms with Gasteiger partial charge in [0, 0.05) is 6.04 Å². The van der Waals surface area contributed by atoms with Gasteiger partial charge in [-0.25, -0.2) is 0 Å². The Morgan fingerprint density at radius 3 is 2.47 bits per heavy atom. The largest absolute Gasteiger partial charge is 0.462 e. The fraction of sp³-hybridized carbons (Fsp3) is 0.917. The minimum Gasteiger partial charge on any atom is -0.462 e. The summed E-state index contributed by atoms with van der Waals surface area (Å²) in [5.74, 6) is -0.0990. The quantitative estimate of drug-likeness (QED) is 0.670. The third kappa shape index (κ3) is 4.65. The van der Waals surface area contributed by atoms with Crippen LogP contribution in [0.25, 0.3) is 0 Å². The average molecular weight is 213 g/mol. The Hall–Kier alpha value is -0.570. The molecule has 15 heavy (non-hydrogen) atoms. The van der Waals surface area contributed by atoms with E-state index >= 15 is 0 Å². The standard InChI is InChI=1S/C12H23NO2/c1-10(2)15-12(14)9-13(3)11-7-5-4-6-8-11/h10-11H,4-9H2,1-3H3. The number of carbonyl (C=O) groups is 1. The number of ether oxygens (including phenoxy) is 1. The van der Waals surface area contributed by atoms with Crippen molar-refractivity contribution in [2.45, 2.75) is 58.1 Å². The summed E-state index contributed by atoms with van der Waals surface area (Å²) in [5, 5.41) is 0. The lowest BCUT2D eigenvalue weighted by molar-refractivity contribution is -0.149. The predicted molar refractivity (Wildman–Crippen MR) is 60.7 cm³/mol. The van der Waals surface area contributed by atoms with Crippen molar-refractivity contribution >= 4 is 5.97 Å². The lowest BCUT2D eigenvalue weighted by atomic mass is 9.94. The van der Waals surface area contributed by atoms with E-state index < -0.39 is 0 Å². The molecule has 3 heteroatoms. The first-order valence-corrected chi connectivity index (χ1v) is 5.99. The molecule has 0 aromatic heterocycles. The SMILES string of the molecule is CC(C)OC(=O)CN(C)C1CCCCC1. The molecule has 1 aliphatic carbocycles. The van der Waals surface area contributed by atoms with Crippen LogP contribution in [0.4, 0.5) is 0 Å². The van der Waals surface area contributed by atoms with Gasteiger partial charge in [-0.3, -0.25) is 9.69 Å². The zero-order valence-electron chi connectivity index (χ0n) is 10.2. The summed E-state index contributed by atoms with van der Waals surface area (Å²) in [5.41, 5.74) is 0. The van der Waals surface area contributed by atoms with Gasteiger partial charge < -0.3 is 4.74 Å². The van der Waals surface area contributed by atoms with E-state index in [4.69, 9.17) is 4.74 Å². The van der Waals surface area contributed by atoms with Gasteiger partial charge in [-0.05, 0) is 33.7 Å². The Bertz CT molecular complexity index is 198. The van der Waals surface area contributed by atoms with Crippen LogP contribution < -0.4 is 0 Å².